The normalized spacial score (nSPS) is 23.8. The number of rotatable bonds is 1. The minimum atomic E-state index is 0.635. The molecule has 1 aliphatic heterocycles. The quantitative estimate of drug-likeness (QED) is 0.633. The van der Waals surface area contributed by atoms with Gasteiger partial charge in [0, 0.05) is 24.9 Å². The molecular formula is C8H11N3. The van der Waals surface area contributed by atoms with Crippen LogP contribution in [0.1, 0.15) is 17.9 Å². The number of aromatic nitrogens is 2. The van der Waals surface area contributed by atoms with Crippen LogP contribution in [-0.2, 0) is 0 Å². The van der Waals surface area contributed by atoms with E-state index in [1.807, 2.05) is 12.4 Å². The summed E-state index contributed by atoms with van der Waals surface area (Å²) in [6, 6.07) is 0. The SMILES string of the molecule is c1ncc([C@@H]2CCNC2)cn1. The number of nitrogens with one attached hydrogen (secondary N) is 1. The van der Waals surface area contributed by atoms with Gasteiger partial charge in [0.2, 0.25) is 0 Å². The van der Waals surface area contributed by atoms with Crippen LogP contribution >= 0.6 is 0 Å². The summed E-state index contributed by atoms with van der Waals surface area (Å²) >= 11 is 0. The first kappa shape index (κ1) is 6.73. The van der Waals surface area contributed by atoms with E-state index in [1.165, 1.54) is 12.0 Å². The second kappa shape index (κ2) is 2.96. The van der Waals surface area contributed by atoms with Gasteiger partial charge in [0.1, 0.15) is 6.33 Å². The van der Waals surface area contributed by atoms with E-state index in [9.17, 15) is 0 Å². The molecular weight excluding hydrogens is 138 g/mol. The van der Waals surface area contributed by atoms with E-state index in [2.05, 4.69) is 15.3 Å². The highest BCUT2D eigenvalue weighted by Gasteiger charge is 2.16. The van der Waals surface area contributed by atoms with Gasteiger partial charge in [-0.3, -0.25) is 0 Å². The van der Waals surface area contributed by atoms with Gasteiger partial charge in [-0.05, 0) is 18.5 Å². The Bertz CT molecular complexity index is 216. The van der Waals surface area contributed by atoms with Crippen molar-refractivity contribution in [1.29, 1.82) is 0 Å². The minimum Gasteiger partial charge on any atom is -0.316 e. The molecule has 58 valence electrons. The zero-order valence-corrected chi connectivity index (χ0v) is 6.33. The average molecular weight is 149 g/mol. The lowest BCUT2D eigenvalue weighted by Crippen LogP contribution is -2.08. The van der Waals surface area contributed by atoms with Gasteiger partial charge in [-0.1, -0.05) is 0 Å². The largest absolute Gasteiger partial charge is 0.316 e. The Morgan fingerprint density at radius 1 is 1.36 bits per heavy atom. The van der Waals surface area contributed by atoms with Crippen molar-refractivity contribution in [1.82, 2.24) is 15.3 Å². The van der Waals surface area contributed by atoms with Crippen LogP contribution in [0.4, 0.5) is 0 Å². The van der Waals surface area contributed by atoms with E-state index in [1.54, 1.807) is 6.33 Å². The van der Waals surface area contributed by atoms with Crippen molar-refractivity contribution in [2.75, 3.05) is 13.1 Å². The highest BCUT2D eigenvalue weighted by atomic mass is 14.9. The van der Waals surface area contributed by atoms with Crippen molar-refractivity contribution in [2.24, 2.45) is 0 Å². The molecule has 0 saturated carbocycles. The summed E-state index contributed by atoms with van der Waals surface area (Å²) in [7, 11) is 0. The van der Waals surface area contributed by atoms with Crippen LogP contribution in [0, 0.1) is 0 Å². The Balaban J connectivity index is 2.16. The van der Waals surface area contributed by atoms with Gasteiger partial charge in [0.15, 0.2) is 0 Å². The van der Waals surface area contributed by atoms with Crippen LogP contribution in [0.5, 0.6) is 0 Å². The standard InChI is InChI=1S/C8H11N3/c1-2-9-3-7(1)8-4-10-6-11-5-8/h4-7,9H,1-3H2/t7-/m1/s1. The Hall–Kier alpha value is -0.960. The van der Waals surface area contributed by atoms with Crippen LogP contribution in [0.3, 0.4) is 0 Å². The molecule has 0 aromatic carbocycles. The van der Waals surface area contributed by atoms with E-state index < -0.39 is 0 Å². The molecule has 1 aromatic heterocycles. The first-order valence-electron chi connectivity index (χ1n) is 3.92. The predicted molar refractivity (Wildman–Crippen MR) is 42.3 cm³/mol. The molecule has 1 N–H and O–H groups in total. The summed E-state index contributed by atoms with van der Waals surface area (Å²) in [5.74, 6) is 0.635. The van der Waals surface area contributed by atoms with Gasteiger partial charge in [-0.2, -0.15) is 0 Å². The first-order chi connectivity index (χ1) is 5.47. The second-order valence-electron chi connectivity index (χ2n) is 2.86. The monoisotopic (exact) mass is 149 g/mol. The van der Waals surface area contributed by atoms with Crippen LogP contribution in [0.25, 0.3) is 0 Å². The summed E-state index contributed by atoms with van der Waals surface area (Å²) in [6.45, 7) is 2.20. The highest BCUT2D eigenvalue weighted by Crippen LogP contribution is 2.19. The molecule has 0 radical (unpaired) electrons. The lowest BCUT2D eigenvalue weighted by Gasteiger charge is -2.05. The molecule has 0 bridgehead atoms. The fraction of sp³-hybridized carbons (Fsp3) is 0.500. The molecule has 1 aromatic rings. The van der Waals surface area contributed by atoms with Crippen molar-refractivity contribution in [3.8, 4) is 0 Å². The summed E-state index contributed by atoms with van der Waals surface area (Å²) < 4.78 is 0. The smallest absolute Gasteiger partial charge is 0.115 e. The van der Waals surface area contributed by atoms with Gasteiger partial charge in [-0.25, -0.2) is 9.97 Å². The Kier molecular flexibility index (Phi) is 1.81. The van der Waals surface area contributed by atoms with Crippen molar-refractivity contribution in [3.05, 3.63) is 24.3 Å². The third kappa shape index (κ3) is 1.38. The number of hydrogen-bond acceptors (Lipinski definition) is 3. The van der Waals surface area contributed by atoms with Gasteiger partial charge in [0.25, 0.3) is 0 Å². The molecule has 3 nitrogen and oxygen atoms in total. The summed E-state index contributed by atoms with van der Waals surface area (Å²) in [6.07, 6.45) is 6.61. The number of hydrogen-bond donors (Lipinski definition) is 1. The maximum atomic E-state index is 3.99. The Morgan fingerprint density at radius 2 is 2.18 bits per heavy atom. The summed E-state index contributed by atoms with van der Waals surface area (Å²) in [5, 5.41) is 3.32. The van der Waals surface area contributed by atoms with Gasteiger partial charge < -0.3 is 5.32 Å². The molecule has 3 heteroatoms. The molecule has 1 saturated heterocycles. The van der Waals surface area contributed by atoms with Crippen molar-refractivity contribution >= 4 is 0 Å². The van der Waals surface area contributed by atoms with Gasteiger partial charge >= 0.3 is 0 Å². The molecule has 0 amide bonds. The Labute approximate surface area is 65.9 Å². The van der Waals surface area contributed by atoms with E-state index in [0.29, 0.717) is 5.92 Å². The van der Waals surface area contributed by atoms with Crippen molar-refractivity contribution in [2.45, 2.75) is 12.3 Å². The molecule has 11 heavy (non-hydrogen) atoms. The fourth-order valence-corrected chi connectivity index (χ4v) is 1.46. The van der Waals surface area contributed by atoms with Crippen LogP contribution in [0.2, 0.25) is 0 Å². The third-order valence-corrected chi connectivity index (χ3v) is 2.11. The minimum absolute atomic E-state index is 0.635. The zero-order valence-electron chi connectivity index (χ0n) is 6.33. The molecule has 1 atom stereocenters. The third-order valence-electron chi connectivity index (χ3n) is 2.11. The van der Waals surface area contributed by atoms with Crippen molar-refractivity contribution < 1.29 is 0 Å². The van der Waals surface area contributed by atoms with Gasteiger partial charge in [-0.15, -0.1) is 0 Å². The van der Waals surface area contributed by atoms with E-state index in [0.717, 1.165) is 13.1 Å². The molecule has 0 unspecified atom stereocenters. The molecule has 1 aliphatic rings. The molecule has 2 rings (SSSR count). The second-order valence-corrected chi connectivity index (χ2v) is 2.86. The van der Waals surface area contributed by atoms with E-state index >= 15 is 0 Å². The average Bonchev–Trinajstić information content (AvgIpc) is 2.58. The maximum absolute atomic E-state index is 3.99. The van der Waals surface area contributed by atoms with Crippen LogP contribution in [0.15, 0.2) is 18.7 Å². The Morgan fingerprint density at radius 3 is 2.82 bits per heavy atom. The molecule has 0 aliphatic carbocycles. The lowest BCUT2D eigenvalue weighted by molar-refractivity contribution is 0.752. The van der Waals surface area contributed by atoms with Crippen LogP contribution in [-0.4, -0.2) is 23.1 Å². The van der Waals surface area contributed by atoms with E-state index in [4.69, 9.17) is 0 Å². The molecule has 1 fully saturated rings. The topological polar surface area (TPSA) is 37.8 Å². The van der Waals surface area contributed by atoms with E-state index in [-0.39, 0.29) is 0 Å². The van der Waals surface area contributed by atoms with Gasteiger partial charge in [0.05, 0.1) is 0 Å². The van der Waals surface area contributed by atoms with Crippen molar-refractivity contribution in [3.63, 3.8) is 0 Å². The fourth-order valence-electron chi connectivity index (χ4n) is 1.46. The number of nitrogens with zero attached hydrogens (tertiary/aromatic N) is 2. The highest BCUT2D eigenvalue weighted by molar-refractivity contribution is 5.12. The molecule has 0 spiro atoms. The predicted octanol–water partition coefficient (Wildman–Crippen LogP) is 0.553. The lowest BCUT2D eigenvalue weighted by atomic mass is 10.0. The van der Waals surface area contributed by atoms with Crippen LogP contribution < -0.4 is 5.32 Å². The summed E-state index contributed by atoms with van der Waals surface area (Å²) in [5.41, 5.74) is 1.26. The first-order valence-corrected chi connectivity index (χ1v) is 3.92. The zero-order chi connectivity index (χ0) is 7.52. The summed E-state index contributed by atoms with van der Waals surface area (Å²) in [4.78, 5) is 7.98. The molecule has 2 heterocycles. The maximum Gasteiger partial charge on any atom is 0.115 e.